The van der Waals surface area contributed by atoms with E-state index in [2.05, 4.69) is 0 Å². The fourth-order valence-electron chi connectivity index (χ4n) is 0.999. The number of benzene rings is 1. The zero-order valence-electron chi connectivity index (χ0n) is 7.24. The lowest BCUT2D eigenvalue weighted by molar-refractivity contribution is 0.386. The van der Waals surface area contributed by atoms with Gasteiger partial charge in [-0.3, -0.25) is 0 Å². The van der Waals surface area contributed by atoms with Gasteiger partial charge in [-0.05, 0) is 31.0 Å². The van der Waals surface area contributed by atoms with E-state index in [1.165, 1.54) is 13.2 Å². The monoisotopic (exact) mass is 188 g/mol. The lowest BCUT2D eigenvalue weighted by Gasteiger charge is -2.08. The third-order valence-corrected chi connectivity index (χ3v) is 2.34. The van der Waals surface area contributed by atoms with Gasteiger partial charge < -0.3 is 4.74 Å². The fourth-order valence-corrected chi connectivity index (χ4v) is 1.32. The molecule has 12 heavy (non-hydrogen) atoms. The first-order chi connectivity index (χ1) is 5.57. The van der Waals surface area contributed by atoms with Gasteiger partial charge in [0.1, 0.15) is 0 Å². The minimum Gasteiger partial charge on any atom is -0.492 e. The van der Waals surface area contributed by atoms with Gasteiger partial charge in [-0.25, -0.2) is 4.39 Å². The Labute approximate surface area is 76.1 Å². The van der Waals surface area contributed by atoms with Crippen molar-refractivity contribution in [3.05, 3.63) is 28.0 Å². The molecule has 1 aromatic rings. The zero-order valence-corrected chi connectivity index (χ0v) is 8.00. The summed E-state index contributed by atoms with van der Waals surface area (Å²) in [4.78, 5) is 0. The molecule has 66 valence electrons. The normalized spacial score (nSPS) is 10.1. The van der Waals surface area contributed by atoms with Gasteiger partial charge in [0.05, 0.1) is 12.1 Å². The Balaban J connectivity index is 3.40. The number of methoxy groups -OCH3 is 1. The number of ether oxygens (including phenoxy) is 1. The van der Waals surface area contributed by atoms with Crippen LogP contribution in [0.15, 0.2) is 6.07 Å². The van der Waals surface area contributed by atoms with Crippen LogP contribution in [0.3, 0.4) is 0 Å². The highest BCUT2D eigenvalue weighted by Gasteiger charge is 2.11. The van der Waals surface area contributed by atoms with E-state index in [0.29, 0.717) is 5.02 Å². The second kappa shape index (κ2) is 3.31. The van der Waals surface area contributed by atoms with E-state index < -0.39 is 5.82 Å². The lowest BCUT2D eigenvalue weighted by Crippen LogP contribution is -1.93. The molecule has 1 nitrogen and oxygen atoms in total. The van der Waals surface area contributed by atoms with Crippen molar-refractivity contribution in [2.24, 2.45) is 0 Å². The Hall–Kier alpha value is -0.760. The van der Waals surface area contributed by atoms with Crippen molar-refractivity contribution in [1.82, 2.24) is 0 Å². The van der Waals surface area contributed by atoms with Gasteiger partial charge in [-0.15, -0.1) is 0 Å². The molecule has 0 atom stereocenters. The summed E-state index contributed by atoms with van der Waals surface area (Å²) in [5.74, 6) is -0.287. The van der Waals surface area contributed by atoms with Gasteiger partial charge in [0, 0.05) is 0 Å². The predicted molar refractivity (Wildman–Crippen MR) is 47.4 cm³/mol. The van der Waals surface area contributed by atoms with Crippen molar-refractivity contribution in [3.8, 4) is 5.75 Å². The summed E-state index contributed by atoms with van der Waals surface area (Å²) in [6.07, 6.45) is 0. The Bertz CT molecular complexity index is 310. The molecule has 0 radical (unpaired) electrons. The average Bonchev–Trinajstić information content (AvgIpc) is 2.01. The fraction of sp³-hybridized carbons (Fsp3) is 0.333. The molecule has 0 aromatic heterocycles. The molecule has 3 heteroatoms. The maximum absolute atomic E-state index is 13.1. The predicted octanol–water partition coefficient (Wildman–Crippen LogP) is 3.10. The molecule has 0 spiro atoms. The minimum absolute atomic E-state index is 0.125. The van der Waals surface area contributed by atoms with E-state index in [-0.39, 0.29) is 5.75 Å². The van der Waals surface area contributed by atoms with Gasteiger partial charge in [0.25, 0.3) is 0 Å². The summed E-state index contributed by atoms with van der Waals surface area (Å²) < 4.78 is 17.9. The standard InChI is InChI=1S/C9H10ClFO/c1-5-4-7(11)9(12-3)8(10)6(5)2/h4H,1-3H3. The number of hydrogen-bond acceptors (Lipinski definition) is 1. The summed E-state index contributed by atoms with van der Waals surface area (Å²) in [7, 11) is 1.40. The summed E-state index contributed by atoms with van der Waals surface area (Å²) >= 11 is 5.84. The van der Waals surface area contributed by atoms with Gasteiger partial charge in [-0.1, -0.05) is 11.6 Å². The molecule has 0 fully saturated rings. The van der Waals surface area contributed by atoms with Crippen LogP contribution < -0.4 is 4.74 Å². The van der Waals surface area contributed by atoms with E-state index in [1.807, 2.05) is 13.8 Å². The van der Waals surface area contributed by atoms with E-state index in [9.17, 15) is 4.39 Å². The van der Waals surface area contributed by atoms with Gasteiger partial charge in [0.15, 0.2) is 11.6 Å². The van der Waals surface area contributed by atoms with Crippen molar-refractivity contribution < 1.29 is 9.13 Å². The number of halogens is 2. The molecule has 0 N–H and O–H groups in total. The quantitative estimate of drug-likeness (QED) is 0.658. The van der Waals surface area contributed by atoms with Crippen LogP contribution in [-0.4, -0.2) is 7.11 Å². The molecule has 1 aromatic carbocycles. The summed E-state index contributed by atoms with van der Waals surface area (Å²) in [6, 6.07) is 1.42. The average molecular weight is 189 g/mol. The second-order valence-corrected chi connectivity index (χ2v) is 3.03. The molecule has 0 amide bonds. The van der Waals surface area contributed by atoms with E-state index in [0.717, 1.165) is 11.1 Å². The second-order valence-electron chi connectivity index (χ2n) is 2.65. The van der Waals surface area contributed by atoms with Crippen LogP contribution in [0.4, 0.5) is 4.39 Å². The number of aryl methyl sites for hydroxylation is 1. The summed E-state index contributed by atoms with van der Waals surface area (Å²) in [6.45, 7) is 3.64. The molecule has 0 aliphatic heterocycles. The van der Waals surface area contributed by atoms with Crippen LogP contribution >= 0.6 is 11.6 Å². The highest BCUT2D eigenvalue weighted by molar-refractivity contribution is 6.32. The lowest BCUT2D eigenvalue weighted by atomic mass is 10.1. The minimum atomic E-state index is -0.411. The first-order valence-corrected chi connectivity index (χ1v) is 3.95. The van der Waals surface area contributed by atoms with Crippen LogP contribution in [0, 0.1) is 19.7 Å². The largest absolute Gasteiger partial charge is 0.492 e. The molecule has 0 bridgehead atoms. The van der Waals surface area contributed by atoms with Crippen molar-refractivity contribution in [2.75, 3.05) is 7.11 Å². The first kappa shape index (κ1) is 9.33. The van der Waals surface area contributed by atoms with Crippen molar-refractivity contribution >= 4 is 11.6 Å². The first-order valence-electron chi connectivity index (χ1n) is 3.57. The zero-order chi connectivity index (χ0) is 9.30. The molecular weight excluding hydrogens is 179 g/mol. The molecule has 0 saturated heterocycles. The molecule has 0 unspecified atom stereocenters. The molecule has 0 saturated carbocycles. The summed E-state index contributed by atoms with van der Waals surface area (Å²) in [5.41, 5.74) is 1.69. The van der Waals surface area contributed by atoms with Crippen molar-refractivity contribution in [2.45, 2.75) is 13.8 Å². The van der Waals surface area contributed by atoms with Crippen LogP contribution in [-0.2, 0) is 0 Å². The highest BCUT2D eigenvalue weighted by atomic mass is 35.5. The number of rotatable bonds is 1. The van der Waals surface area contributed by atoms with E-state index in [1.54, 1.807) is 0 Å². The molecular formula is C9H10ClFO. The third kappa shape index (κ3) is 1.39. The Kier molecular flexibility index (Phi) is 2.58. The maximum atomic E-state index is 13.1. The number of hydrogen-bond donors (Lipinski definition) is 0. The Morgan fingerprint density at radius 2 is 2.00 bits per heavy atom. The molecule has 0 aliphatic rings. The third-order valence-electron chi connectivity index (χ3n) is 1.88. The van der Waals surface area contributed by atoms with Crippen molar-refractivity contribution in [1.29, 1.82) is 0 Å². The summed E-state index contributed by atoms with van der Waals surface area (Å²) in [5, 5.41) is 0.356. The van der Waals surface area contributed by atoms with Crippen molar-refractivity contribution in [3.63, 3.8) is 0 Å². The van der Waals surface area contributed by atoms with Gasteiger partial charge in [-0.2, -0.15) is 0 Å². The molecule has 1 rings (SSSR count). The topological polar surface area (TPSA) is 9.23 Å². The Morgan fingerprint density at radius 3 is 2.50 bits per heavy atom. The maximum Gasteiger partial charge on any atom is 0.173 e. The van der Waals surface area contributed by atoms with Crippen LogP contribution in [0.1, 0.15) is 11.1 Å². The molecule has 0 heterocycles. The van der Waals surface area contributed by atoms with Crippen LogP contribution in [0.25, 0.3) is 0 Å². The molecule has 0 aliphatic carbocycles. The SMILES string of the molecule is COc1c(F)cc(C)c(C)c1Cl. The Morgan fingerprint density at radius 1 is 1.42 bits per heavy atom. The van der Waals surface area contributed by atoms with Gasteiger partial charge in [0.2, 0.25) is 0 Å². The van der Waals surface area contributed by atoms with E-state index in [4.69, 9.17) is 16.3 Å². The highest BCUT2D eigenvalue weighted by Crippen LogP contribution is 2.32. The van der Waals surface area contributed by atoms with E-state index >= 15 is 0 Å². The smallest absolute Gasteiger partial charge is 0.173 e. The van der Waals surface area contributed by atoms with Crippen LogP contribution in [0.5, 0.6) is 5.75 Å². The van der Waals surface area contributed by atoms with Crippen LogP contribution in [0.2, 0.25) is 5.02 Å². The van der Waals surface area contributed by atoms with Gasteiger partial charge >= 0.3 is 0 Å².